The van der Waals surface area contributed by atoms with E-state index in [4.69, 9.17) is 4.74 Å². The molecule has 120 valence electrons. The minimum Gasteiger partial charge on any atom is -0.457 e. The van der Waals surface area contributed by atoms with Crippen LogP contribution in [0.2, 0.25) is 0 Å². The van der Waals surface area contributed by atoms with E-state index >= 15 is 0 Å². The van der Waals surface area contributed by atoms with Crippen molar-refractivity contribution in [1.82, 2.24) is 5.32 Å². The zero-order chi connectivity index (χ0) is 16.5. The third-order valence-electron chi connectivity index (χ3n) is 2.81. The Morgan fingerprint density at radius 3 is 2.52 bits per heavy atom. The molecule has 0 aliphatic rings. The molecule has 7 heteroatoms. The van der Waals surface area contributed by atoms with Gasteiger partial charge in [-0.3, -0.25) is 9.59 Å². The van der Waals surface area contributed by atoms with Crippen LogP contribution in [0.25, 0.3) is 0 Å². The van der Waals surface area contributed by atoms with Gasteiger partial charge in [-0.1, -0.05) is 24.3 Å². The predicted molar refractivity (Wildman–Crippen MR) is 87.7 cm³/mol. The molecule has 0 aliphatic heterocycles. The average Bonchev–Trinajstić information content (AvgIpc) is 3.08. The summed E-state index contributed by atoms with van der Waals surface area (Å²) in [5.74, 6) is -0.766. The van der Waals surface area contributed by atoms with Crippen molar-refractivity contribution in [1.29, 1.82) is 0 Å². The van der Waals surface area contributed by atoms with Crippen LogP contribution in [0.15, 0.2) is 47.8 Å². The van der Waals surface area contributed by atoms with Gasteiger partial charge in [-0.05, 0) is 23.6 Å². The van der Waals surface area contributed by atoms with E-state index in [2.05, 4.69) is 10.6 Å². The number of Topliss-reactive ketones (excluding diaryl/α,β-unsaturated/α-hetero) is 1. The van der Waals surface area contributed by atoms with E-state index in [1.165, 1.54) is 11.3 Å². The van der Waals surface area contributed by atoms with Gasteiger partial charge in [-0.2, -0.15) is 0 Å². The number of thiophene rings is 1. The van der Waals surface area contributed by atoms with Crippen molar-refractivity contribution in [3.8, 4) is 0 Å². The van der Waals surface area contributed by atoms with Crippen LogP contribution in [-0.4, -0.2) is 30.9 Å². The number of hydrogen-bond acceptors (Lipinski definition) is 5. The monoisotopic (exact) mass is 332 g/mol. The fraction of sp³-hybridized carbons (Fsp3) is 0.188. The standard InChI is InChI=1S/C16H16N2O4S/c19-13(14-7-4-10-23-14)11-22-15(20)8-9-17-16(21)18-12-5-2-1-3-6-12/h1-7,10H,8-9,11H2,(H2,17,18,21). The third kappa shape index (κ3) is 5.91. The lowest BCUT2D eigenvalue weighted by Crippen LogP contribution is -2.31. The maximum atomic E-state index is 11.6. The van der Waals surface area contributed by atoms with Gasteiger partial charge in [-0.25, -0.2) is 4.79 Å². The van der Waals surface area contributed by atoms with E-state index < -0.39 is 12.0 Å². The summed E-state index contributed by atoms with van der Waals surface area (Å²) in [5, 5.41) is 6.96. The molecular weight excluding hydrogens is 316 g/mol. The Morgan fingerprint density at radius 2 is 1.83 bits per heavy atom. The number of para-hydroxylation sites is 1. The molecule has 0 unspecified atom stereocenters. The smallest absolute Gasteiger partial charge is 0.319 e. The van der Waals surface area contributed by atoms with Crippen LogP contribution >= 0.6 is 11.3 Å². The number of anilines is 1. The molecule has 1 aromatic heterocycles. The maximum absolute atomic E-state index is 11.6. The molecule has 0 bridgehead atoms. The molecule has 0 atom stereocenters. The fourth-order valence-electron chi connectivity index (χ4n) is 1.70. The fourth-order valence-corrected chi connectivity index (χ4v) is 2.35. The van der Waals surface area contributed by atoms with Gasteiger partial charge in [0.2, 0.25) is 5.78 Å². The van der Waals surface area contributed by atoms with Crippen molar-refractivity contribution in [2.45, 2.75) is 6.42 Å². The molecule has 0 saturated heterocycles. The molecule has 0 fully saturated rings. The van der Waals surface area contributed by atoms with Crippen LogP contribution in [0.1, 0.15) is 16.1 Å². The first kappa shape index (κ1) is 16.7. The summed E-state index contributed by atoms with van der Waals surface area (Å²) < 4.78 is 4.87. The topological polar surface area (TPSA) is 84.5 Å². The number of amides is 2. The van der Waals surface area contributed by atoms with Crippen molar-refractivity contribution in [2.24, 2.45) is 0 Å². The van der Waals surface area contributed by atoms with E-state index in [0.717, 1.165) is 0 Å². The summed E-state index contributed by atoms with van der Waals surface area (Å²) in [6.45, 7) is -0.153. The first-order valence-corrected chi connectivity index (χ1v) is 7.85. The first-order valence-electron chi connectivity index (χ1n) is 6.97. The van der Waals surface area contributed by atoms with Crippen molar-refractivity contribution in [3.63, 3.8) is 0 Å². The SMILES string of the molecule is O=C(NCCC(=O)OCC(=O)c1cccs1)Nc1ccccc1. The van der Waals surface area contributed by atoms with Gasteiger partial charge in [0.25, 0.3) is 0 Å². The number of esters is 1. The Kier molecular flexibility index (Phi) is 6.31. The lowest BCUT2D eigenvalue weighted by Gasteiger charge is -2.07. The quantitative estimate of drug-likeness (QED) is 0.603. The molecular formula is C16H16N2O4S. The highest BCUT2D eigenvalue weighted by Crippen LogP contribution is 2.09. The number of carbonyl (C=O) groups is 3. The maximum Gasteiger partial charge on any atom is 0.319 e. The van der Waals surface area contributed by atoms with Gasteiger partial charge >= 0.3 is 12.0 Å². The van der Waals surface area contributed by atoms with E-state index in [0.29, 0.717) is 10.6 Å². The first-order chi connectivity index (χ1) is 11.1. The normalized spacial score (nSPS) is 9.91. The van der Waals surface area contributed by atoms with Crippen molar-refractivity contribution in [2.75, 3.05) is 18.5 Å². The molecule has 2 aromatic rings. The Bertz CT molecular complexity index is 656. The number of ketones is 1. The number of benzene rings is 1. The van der Waals surface area contributed by atoms with Crippen molar-refractivity contribution in [3.05, 3.63) is 52.7 Å². The highest BCUT2D eigenvalue weighted by Gasteiger charge is 2.11. The number of ether oxygens (including phenoxy) is 1. The van der Waals surface area contributed by atoms with Gasteiger partial charge in [0.05, 0.1) is 11.3 Å². The minimum absolute atomic E-state index is 0.0000693. The van der Waals surface area contributed by atoms with Gasteiger partial charge in [0.1, 0.15) is 0 Å². The van der Waals surface area contributed by atoms with E-state index in [1.807, 2.05) is 6.07 Å². The van der Waals surface area contributed by atoms with Gasteiger partial charge < -0.3 is 15.4 Å². The molecule has 2 N–H and O–H groups in total. The van der Waals surface area contributed by atoms with Crippen LogP contribution in [0, 0.1) is 0 Å². The molecule has 23 heavy (non-hydrogen) atoms. The lowest BCUT2D eigenvalue weighted by atomic mass is 10.3. The zero-order valence-electron chi connectivity index (χ0n) is 12.3. The molecule has 0 spiro atoms. The molecule has 2 amide bonds. The average molecular weight is 332 g/mol. The van der Waals surface area contributed by atoms with Crippen LogP contribution in [0.3, 0.4) is 0 Å². The van der Waals surface area contributed by atoms with E-state index in [9.17, 15) is 14.4 Å². The molecule has 1 aromatic carbocycles. The largest absolute Gasteiger partial charge is 0.457 e. The summed E-state index contributed by atoms with van der Waals surface area (Å²) in [4.78, 5) is 35.3. The molecule has 2 rings (SSSR count). The zero-order valence-corrected chi connectivity index (χ0v) is 13.1. The Hall–Kier alpha value is -2.67. The van der Waals surface area contributed by atoms with Gasteiger partial charge in [0, 0.05) is 12.2 Å². The van der Waals surface area contributed by atoms with Gasteiger partial charge in [0.15, 0.2) is 6.61 Å². The predicted octanol–water partition coefficient (Wildman–Crippen LogP) is 2.69. The van der Waals surface area contributed by atoms with Crippen LogP contribution in [0.5, 0.6) is 0 Å². The number of carbonyl (C=O) groups excluding carboxylic acids is 3. The minimum atomic E-state index is -0.532. The Morgan fingerprint density at radius 1 is 1.04 bits per heavy atom. The van der Waals surface area contributed by atoms with Gasteiger partial charge in [-0.15, -0.1) is 11.3 Å². The Labute approximate surface area is 137 Å². The van der Waals surface area contributed by atoms with Crippen molar-refractivity contribution < 1.29 is 19.1 Å². The molecule has 0 aliphatic carbocycles. The number of nitrogens with one attached hydrogen (secondary N) is 2. The second-order valence-electron chi connectivity index (χ2n) is 4.56. The summed E-state index contributed by atoms with van der Waals surface area (Å²) in [5.41, 5.74) is 0.661. The van der Waals surface area contributed by atoms with Crippen LogP contribution < -0.4 is 10.6 Å². The summed E-state index contributed by atoms with van der Waals surface area (Å²) in [6, 6.07) is 12.0. The third-order valence-corrected chi connectivity index (χ3v) is 3.72. The van der Waals surface area contributed by atoms with Crippen LogP contribution in [0.4, 0.5) is 10.5 Å². The van der Waals surface area contributed by atoms with Crippen molar-refractivity contribution >= 4 is 34.8 Å². The Balaban J connectivity index is 1.61. The summed E-state index contributed by atoms with van der Waals surface area (Å²) in [6.07, 6.45) is -0.0000693. The second-order valence-corrected chi connectivity index (χ2v) is 5.51. The second kappa shape index (κ2) is 8.70. The van der Waals surface area contributed by atoms with E-state index in [-0.39, 0.29) is 25.4 Å². The molecule has 1 heterocycles. The van der Waals surface area contributed by atoms with Crippen LogP contribution in [-0.2, 0) is 9.53 Å². The number of rotatable bonds is 7. The highest BCUT2D eigenvalue weighted by atomic mass is 32.1. The van der Waals surface area contributed by atoms with E-state index in [1.54, 1.807) is 41.8 Å². The summed E-state index contributed by atoms with van der Waals surface area (Å²) >= 11 is 1.30. The molecule has 6 nitrogen and oxygen atoms in total. The highest BCUT2D eigenvalue weighted by molar-refractivity contribution is 7.12. The summed E-state index contributed by atoms with van der Waals surface area (Å²) in [7, 11) is 0. The lowest BCUT2D eigenvalue weighted by molar-refractivity contribution is -0.142. The molecule has 0 radical (unpaired) electrons. The number of urea groups is 1. The number of hydrogen-bond donors (Lipinski definition) is 2. The molecule has 0 saturated carbocycles.